The van der Waals surface area contributed by atoms with E-state index in [0.29, 0.717) is 19.5 Å². The number of carbonyl (C=O) groups is 1. The van der Waals surface area contributed by atoms with Crippen molar-refractivity contribution in [2.24, 2.45) is 0 Å². The smallest absolute Gasteiger partial charge is 0.222 e. The van der Waals surface area contributed by atoms with Gasteiger partial charge in [0.25, 0.3) is 0 Å². The number of rotatable bonds is 3. The van der Waals surface area contributed by atoms with Gasteiger partial charge in [-0.2, -0.15) is 0 Å². The van der Waals surface area contributed by atoms with Crippen LogP contribution in [0.4, 0.5) is 5.69 Å². The second kappa shape index (κ2) is 6.47. The molecule has 2 heterocycles. The molecule has 0 atom stereocenters. The molecule has 128 valence electrons. The summed E-state index contributed by atoms with van der Waals surface area (Å²) in [6, 6.07) is 3.36. The fourth-order valence-corrected chi connectivity index (χ4v) is 3.54. The van der Waals surface area contributed by atoms with Crippen molar-refractivity contribution in [2.75, 3.05) is 31.1 Å². The normalized spacial score (nSPS) is 16.5. The summed E-state index contributed by atoms with van der Waals surface area (Å²) in [5, 5.41) is 0.105. The molecule has 2 rings (SSSR count). The summed E-state index contributed by atoms with van der Waals surface area (Å²) in [6.45, 7) is 9.72. The molecule has 0 spiro atoms. The number of aromatic nitrogens is 1. The summed E-state index contributed by atoms with van der Waals surface area (Å²) in [5.74, 6) is 0.175. The predicted molar refractivity (Wildman–Crippen MR) is 90.3 cm³/mol. The minimum absolute atomic E-state index is 0.105. The maximum atomic E-state index is 12.4. The molecule has 7 heteroatoms. The van der Waals surface area contributed by atoms with Gasteiger partial charge in [-0.05, 0) is 32.9 Å². The Morgan fingerprint density at radius 2 is 1.78 bits per heavy atom. The molecule has 1 aromatic heterocycles. The zero-order chi connectivity index (χ0) is 17.3. The van der Waals surface area contributed by atoms with Crippen LogP contribution in [0.3, 0.4) is 0 Å². The van der Waals surface area contributed by atoms with E-state index in [4.69, 9.17) is 0 Å². The van der Waals surface area contributed by atoms with E-state index in [1.165, 1.54) is 0 Å². The van der Waals surface area contributed by atoms with Gasteiger partial charge < -0.3 is 9.80 Å². The fourth-order valence-electron chi connectivity index (χ4n) is 2.47. The number of nitrogens with zero attached hydrogens (tertiary/aromatic N) is 3. The second-order valence-corrected chi connectivity index (χ2v) is 9.34. The fraction of sp³-hybridized carbons (Fsp3) is 0.625. The van der Waals surface area contributed by atoms with Gasteiger partial charge in [0.1, 0.15) is 0 Å². The van der Waals surface area contributed by atoms with Crippen molar-refractivity contribution in [1.29, 1.82) is 0 Å². The summed E-state index contributed by atoms with van der Waals surface area (Å²) in [4.78, 5) is 19.8. The Balaban J connectivity index is 2.09. The minimum Gasteiger partial charge on any atom is -0.367 e. The number of anilines is 1. The van der Waals surface area contributed by atoms with Gasteiger partial charge in [0.2, 0.25) is 5.91 Å². The predicted octanol–water partition coefficient (Wildman–Crippen LogP) is 1.71. The third-order valence-corrected chi connectivity index (χ3v) is 6.51. The Morgan fingerprint density at radius 3 is 2.22 bits per heavy atom. The molecule has 0 bridgehead atoms. The number of sulfone groups is 1. The summed E-state index contributed by atoms with van der Waals surface area (Å²) < 4.78 is 23.9. The largest absolute Gasteiger partial charge is 0.367 e. The molecule has 1 saturated heterocycles. The number of piperazine rings is 1. The maximum absolute atomic E-state index is 12.4. The quantitative estimate of drug-likeness (QED) is 0.838. The van der Waals surface area contributed by atoms with Gasteiger partial charge in [0.05, 0.1) is 16.6 Å². The van der Waals surface area contributed by atoms with Gasteiger partial charge >= 0.3 is 0 Å². The van der Waals surface area contributed by atoms with Crippen LogP contribution in [0.15, 0.2) is 23.4 Å². The van der Waals surface area contributed by atoms with Crippen LogP contribution in [0.5, 0.6) is 0 Å². The van der Waals surface area contributed by atoms with Crippen LogP contribution >= 0.6 is 0 Å². The van der Waals surface area contributed by atoms with E-state index in [-0.39, 0.29) is 10.9 Å². The van der Waals surface area contributed by atoms with Crippen molar-refractivity contribution < 1.29 is 13.2 Å². The first kappa shape index (κ1) is 17.7. The van der Waals surface area contributed by atoms with E-state index in [1.807, 2.05) is 11.8 Å². The molecular weight excluding hydrogens is 314 g/mol. The lowest BCUT2D eigenvalue weighted by molar-refractivity contribution is -0.131. The lowest BCUT2D eigenvalue weighted by Crippen LogP contribution is -2.48. The first-order chi connectivity index (χ1) is 10.7. The molecule has 0 aliphatic carbocycles. The van der Waals surface area contributed by atoms with Crippen LogP contribution in [0, 0.1) is 0 Å². The van der Waals surface area contributed by atoms with Gasteiger partial charge in [-0.3, -0.25) is 4.79 Å². The van der Waals surface area contributed by atoms with E-state index in [1.54, 1.807) is 39.1 Å². The molecule has 0 aromatic carbocycles. The Morgan fingerprint density at radius 1 is 1.17 bits per heavy atom. The lowest BCUT2D eigenvalue weighted by atomic mass is 10.2. The second-order valence-electron chi connectivity index (χ2n) is 6.69. The van der Waals surface area contributed by atoms with Gasteiger partial charge in [0, 0.05) is 32.6 Å². The summed E-state index contributed by atoms with van der Waals surface area (Å²) in [7, 11) is -3.43. The van der Waals surface area contributed by atoms with Gasteiger partial charge in [-0.25, -0.2) is 13.4 Å². The third-order valence-electron chi connectivity index (χ3n) is 4.10. The van der Waals surface area contributed by atoms with E-state index in [2.05, 4.69) is 9.88 Å². The highest BCUT2D eigenvalue weighted by Crippen LogP contribution is 2.25. The van der Waals surface area contributed by atoms with E-state index >= 15 is 0 Å². The van der Waals surface area contributed by atoms with Crippen LogP contribution in [0.1, 0.15) is 34.1 Å². The molecule has 1 aliphatic rings. The maximum Gasteiger partial charge on any atom is 0.222 e. The van der Waals surface area contributed by atoms with E-state index in [0.717, 1.165) is 18.8 Å². The highest BCUT2D eigenvalue weighted by Gasteiger charge is 2.32. The molecule has 1 aromatic rings. The monoisotopic (exact) mass is 339 g/mol. The third kappa shape index (κ3) is 3.65. The van der Waals surface area contributed by atoms with Crippen LogP contribution in [0.2, 0.25) is 0 Å². The van der Waals surface area contributed by atoms with E-state index < -0.39 is 14.6 Å². The zero-order valence-corrected chi connectivity index (χ0v) is 15.1. The standard InChI is InChI=1S/C16H25N3O3S/c1-5-15(20)19-10-8-18(9-11-19)13-6-7-14(17-12-13)23(21,22)16(2,3)4/h6-7,12H,5,8-11H2,1-4H3. The molecular formula is C16H25N3O3S. The summed E-state index contributed by atoms with van der Waals surface area (Å²) >= 11 is 0. The molecule has 0 N–H and O–H groups in total. The van der Waals surface area contributed by atoms with Gasteiger partial charge in [-0.1, -0.05) is 6.92 Å². The zero-order valence-electron chi connectivity index (χ0n) is 14.2. The minimum atomic E-state index is -3.43. The van der Waals surface area contributed by atoms with Crippen molar-refractivity contribution in [3.8, 4) is 0 Å². The van der Waals surface area contributed by atoms with E-state index in [9.17, 15) is 13.2 Å². The number of hydrogen-bond donors (Lipinski definition) is 0. The molecule has 0 radical (unpaired) electrons. The molecule has 6 nitrogen and oxygen atoms in total. The summed E-state index contributed by atoms with van der Waals surface area (Å²) in [5.41, 5.74) is 0.890. The summed E-state index contributed by atoms with van der Waals surface area (Å²) in [6.07, 6.45) is 2.14. The van der Waals surface area contributed by atoms with Crippen LogP contribution in [-0.4, -0.2) is 55.1 Å². The Kier molecular flexibility index (Phi) is 4.98. The molecule has 1 aliphatic heterocycles. The molecule has 1 fully saturated rings. The number of pyridine rings is 1. The average Bonchev–Trinajstić information content (AvgIpc) is 2.53. The highest BCUT2D eigenvalue weighted by atomic mass is 32.2. The van der Waals surface area contributed by atoms with Crippen molar-refractivity contribution in [3.05, 3.63) is 18.3 Å². The Bertz CT molecular complexity index is 655. The first-order valence-electron chi connectivity index (χ1n) is 7.90. The van der Waals surface area contributed by atoms with Crippen LogP contribution in [0.25, 0.3) is 0 Å². The Labute approximate surface area is 138 Å². The number of hydrogen-bond acceptors (Lipinski definition) is 5. The van der Waals surface area contributed by atoms with Crippen LogP contribution in [-0.2, 0) is 14.6 Å². The topological polar surface area (TPSA) is 70.6 Å². The van der Waals surface area contributed by atoms with Gasteiger partial charge in [-0.15, -0.1) is 0 Å². The number of carbonyl (C=O) groups excluding carboxylic acids is 1. The Hall–Kier alpha value is -1.63. The van der Waals surface area contributed by atoms with Crippen molar-refractivity contribution in [3.63, 3.8) is 0 Å². The number of amides is 1. The molecule has 1 amide bonds. The van der Waals surface area contributed by atoms with Crippen molar-refractivity contribution >= 4 is 21.4 Å². The molecule has 23 heavy (non-hydrogen) atoms. The average molecular weight is 339 g/mol. The SMILES string of the molecule is CCC(=O)N1CCN(c2ccc(S(=O)(=O)C(C)(C)C)nc2)CC1. The van der Waals surface area contributed by atoms with Gasteiger partial charge in [0.15, 0.2) is 14.9 Å². The van der Waals surface area contributed by atoms with Crippen molar-refractivity contribution in [2.45, 2.75) is 43.9 Å². The van der Waals surface area contributed by atoms with Crippen molar-refractivity contribution in [1.82, 2.24) is 9.88 Å². The highest BCUT2D eigenvalue weighted by molar-refractivity contribution is 7.92. The lowest BCUT2D eigenvalue weighted by Gasteiger charge is -2.36. The van der Waals surface area contributed by atoms with Crippen LogP contribution < -0.4 is 4.90 Å². The molecule has 0 saturated carbocycles. The molecule has 0 unspecified atom stereocenters. The first-order valence-corrected chi connectivity index (χ1v) is 9.38.